The molecule has 168 valence electrons. The van der Waals surface area contributed by atoms with E-state index in [-0.39, 0.29) is 11.3 Å². The zero-order valence-electron chi connectivity index (χ0n) is 17.3. The summed E-state index contributed by atoms with van der Waals surface area (Å²) in [6.45, 7) is -1.27. The molecule has 3 aromatic heterocycles. The maximum Gasteiger partial charge on any atom is 0.408 e. The van der Waals surface area contributed by atoms with Gasteiger partial charge in [-0.25, -0.2) is 9.97 Å². The maximum absolute atomic E-state index is 13.0. The number of pyridine rings is 2. The lowest BCUT2D eigenvalue weighted by molar-refractivity contribution is -0.142. The van der Waals surface area contributed by atoms with Crippen LogP contribution < -0.4 is 14.4 Å². The molecule has 0 fully saturated rings. The van der Waals surface area contributed by atoms with E-state index >= 15 is 0 Å². The van der Waals surface area contributed by atoms with E-state index in [0.29, 0.717) is 33.3 Å². The Balaban J connectivity index is 1.69. The molecular weight excluding hydrogens is 431 g/mol. The van der Waals surface area contributed by atoms with E-state index in [1.165, 1.54) is 32.4 Å². The minimum absolute atomic E-state index is 0.165. The fourth-order valence-electron chi connectivity index (χ4n) is 3.45. The Morgan fingerprint density at radius 3 is 2.56 bits per heavy atom. The summed E-state index contributed by atoms with van der Waals surface area (Å²) < 4.78 is 54.6. The standard InChI is InChI=1S/C20H18F3N5O4/c1-30-15-6-11(7-24-17(15)31-2)14-5-4-13-16(26-14)19(32-3)28(18(13)29)12-8-25-27(9-12)10-20(21,22)23/h4-9,19H,10H2,1-3H3/t19-/m0/s1. The number of halogens is 3. The van der Waals surface area contributed by atoms with Gasteiger partial charge in [-0.05, 0) is 18.2 Å². The molecule has 0 aromatic carbocycles. The Bertz CT molecular complexity index is 1160. The molecule has 0 N–H and O–H groups in total. The minimum Gasteiger partial charge on any atom is -0.491 e. The highest BCUT2D eigenvalue weighted by Crippen LogP contribution is 2.38. The number of amides is 1. The van der Waals surface area contributed by atoms with E-state index in [0.717, 1.165) is 6.20 Å². The highest BCUT2D eigenvalue weighted by Gasteiger charge is 2.40. The van der Waals surface area contributed by atoms with Crippen LogP contribution >= 0.6 is 0 Å². The second-order valence-electron chi connectivity index (χ2n) is 6.84. The van der Waals surface area contributed by atoms with Gasteiger partial charge in [0.05, 0.1) is 37.4 Å². The molecule has 1 aliphatic heterocycles. The van der Waals surface area contributed by atoms with Crippen LogP contribution in [0.3, 0.4) is 0 Å². The lowest BCUT2D eigenvalue weighted by atomic mass is 10.1. The van der Waals surface area contributed by atoms with Gasteiger partial charge in [-0.2, -0.15) is 18.3 Å². The number of alkyl halides is 3. The summed E-state index contributed by atoms with van der Waals surface area (Å²) in [4.78, 5) is 23.0. The molecule has 0 aliphatic carbocycles. The fraction of sp³-hybridized carbons (Fsp3) is 0.300. The van der Waals surface area contributed by atoms with Crippen molar-refractivity contribution < 1.29 is 32.2 Å². The average Bonchev–Trinajstić information content (AvgIpc) is 3.32. The van der Waals surface area contributed by atoms with Crippen LogP contribution in [0, 0.1) is 0 Å². The first-order chi connectivity index (χ1) is 15.3. The van der Waals surface area contributed by atoms with Gasteiger partial charge in [0, 0.05) is 25.1 Å². The van der Waals surface area contributed by atoms with E-state index in [2.05, 4.69) is 15.1 Å². The molecule has 4 heterocycles. The molecule has 0 unspecified atom stereocenters. The molecule has 1 aliphatic rings. The summed E-state index contributed by atoms with van der Waals surface area (Å²) in [5, 5.41) is 3.71. The molecule has 32 heavy (non-hydrogen) atoms. The molecular formula is C20H18F3N5O4. The van der Waals surface area contributed by atoms with Gasteiger partial charge >= 0.3 is 6.18 Å². The Morgan fingerprint density at radius 1 is 1.12 bits per heavy atom. The maximum atomic E-state index is 13.0. The van der Waals surface area contributed by atoms with Gasteiger partial charge in [0.1, 0.15) is 12.2 Å². The minimum atomic E-state index is -4.44. The zero-order valence-corrected chi connectivity index (χ0v) is 17.3. The topological polar surface area (TPSA) is 91.6 Å². The van der Waals surface area contributed by atoms with Crippen LogP contribution in [0.15, 0.2) is 36.8 Å². The number of carbonyl (C=O) groups excluding carboxylic acids is 1. The van der Waals surface area contributed by atoms with Gasteiger partial charge in [-0.1, -0.05) is 0 Å². The molecule has 0 bridgehead atoms. The first-order valence-electron chi connectivity index (χ1n) is 9.30. The second kappa shape index (κ2) is 8.11. The third-order valence-electron chi connectivity index (χ3n) is 4.83. The van der Waals surface area contributed by atoms with Gasteiger partial charge in [0.2, 0.25) is 0 Å². The molecule has 0 saturated heterocycles. The smallest absolute Gasteiger partial charge is 0.408 e. The average molecular weight is 449 g/mol. The van der Waals surface area contributed by atoms with Gasteiger partial charge in [-0.3, -0.25) is 14.4 Å². The highest BCUT2D eigenvalue weighted by atomic mass is 19.4. The summed E-state index contributed by atoms with van der Waals surface area (Å²) in [5.74, 6) is 0.262. The third-order valence-corrected chi connectivity index (χ3v) is 4.83. The van der Waals surface area contributed by atoms with Crippen LogP contribution in [-0.2, 0) is 11.3 Å². The van der Waals surface area contributed by atoms with Crippen molar-refractivity contribution in [2.75, 3.05) is 26.2 Å². The van der Waals surface area contributed by atoms with Crippen molar-refractivity contribution in [3.8, 4) is 22.9 Å². The van der Waals surface area contributed by atoms with Gasteiger partial charge in [-0.15, -0.1) is 0 Å². The van der Waals surface area contributed by atoms with Crippen LogP contribution in [0.5, 0.6) is 11.6 Å². The number of rotatable bonds is 6. The number of aromatic nitrogens is 4. The van der Waals surface area contributed by atoms with Crippen molar-refractivity contribution in [1.82, 2.24) is 19.7 Å². The number of fused-ring (bicyclic) bond motifs is 1. The van der Waals surface area contributed by atoms with E-state index in [1.54, 1.807) is 24.4 Å². The summed E-state index contributed by atoms with van der Waals surface area (Å²) in [5.41, 5.74) is 1.88. The lowest BCUT2D eigenvalue weighted by Crippen LogP contribution is -2.28. The monoisotopic (exact) mass is 449 g/mol. The Hall–Kier alpha value is -3.67. The number of hydrogen-bond donors (Lipinski definition) is 0. The predicted octanol–water partition coefficient (Wildman–Crippen LogP) is 3.23. The number of nitrogens with zero attached hydrogens (tertiary/aromatic N) is 5. The number of methoxy groups -OCH3 is 3. The Morgan fingerprint density at radius 2 is 1.91 bits per heavy atom. The molecule has 0 radical (unpaired) electrons. The second-order valence-corrected chi connectivity index (χ2v) is 6.84. The molecule has 4 rings (SSSR count). The molecule has 9 nitrogen and oxygen atoms in total. The molecule has 12 heteroatoms. The summed E-state index contributed by atoms with van der Waals surface area (Å²) in [6, 6.07) is 4.92. The molecule has 1 amide bonds. The van der Waals surface area contributed by atoms with E-state index in [9.17, 15) is 18.0 Å². The van der Waals surface area contributed by atoms with Crippen LogP contribution in [0.1, 0.15) is 22.3 Å². The van der Waals surface area contributed by atoms with Crippen molar-refractivity contribution in [3.05, 3.63) is 48.0 Å². The van der Waals surface area contributed by atoms with Gasteiger partial charge in [0.25, 0.3) is 11.8 Å². The van der Waals surface area contributed by atoms with Crippen molar-refractivity contribution in [3.63, 3.8) is 0 Å². The SMILES string of the molecule is COc1cc(-c2ccc3c(n2)[C@H](OC)N(c2cnn(CC(F)(F)F)c2)C3=O)cnc1OC. The van der Waals surface area contributed by atoms with Crippen molar-refractivity contribution in [2.45, 2.75) is 18.9 Å². The van der Waals surface area contributed by atoms with E-state index < -0.39 is 24.9 Å². The van der Waals surface area contributed by atoms with Crippen molar-refractivity contribution in [2.24, 2.45) is 0 Å². The summed E-state index contributed by atoms with van der Waals surface area (Å²) >= 11 is 0. The molecule has 0 saturated carbocycles. The predicted molar refractivity (Wildman–Crippen MR) is 105 cm³/mol. The summed E-state index contributed by atoms with van der Waals surface area (Å²) in [7, 11) is 4.33. The van der Waals surface area contributed by atoms with Crippen molar-refractivity contribution >= 4 is 11.6 Å². The fourth-order valence-corrected chi connectivity index (χ4v) is 3.45. The first kappa shape index (κ1) is 21.6. The third kappa shape index (κ3) is 3.84. The van der Waals surface area contributed by atoms with Crippen LogP contribution in [0.2, 0.25) is 0 Å². The largest absolute Gasteiger partial charge is 0.491 e. The number of ether oxygens (including phenoxy) is 3. The number of hydrogen-bond acceptors (Lipinski definition) is 7. The van der Waals surface area contributed by atoms with Crippen LogP contribution in [0.4, 0.5) is 18.9 Å². The lowest BCUT2D eigenvalue weighted by Gasteiger charge is -2.21. The first-order valence-corrected chi connectivity index (χ1v) is 9.30. The Labute approximate surface area is 180 Å². The number of anilines is 1. The van der Waals surface area contributed by atoms with Crippen LogP contribution in [0.25, 0.3) is 11.3 Å². The van der Waals surface area contributed by atoms with E-state index in [1.807, 2.05) is 0 Å². The van der Waals surface area contributed by atoms with E-state index in [4.69, 9.17) is 14.2 Å². The number of carbonyl (C=O) groups is 1. The molecule has 0 spiro atoms. The Kier molecular flexibility index (Phi) is 5.46. The quantitative estimate of drug-likeness (QED) is 0.571. The van der Waals surface area contributed by atoms with Crippen LogP contribution in [-0.4, -0.2) is 53.2 Å². The van der Waals surface area contributed by atoms with Crippen molar-refractivity contribution in [1.29, 1.82) is 0 Å². The summed E-state index contributed by atoms with van der Waals surface area (Å²) in [6.07, 6.45) is -1.50. The molecule has 3 aromatic rings. The van der Waals surface area contributed by atoms with Gasteiger partial charge < -0.3 is 14.2 Å². The zero-order chi connectivity index (χ0) is 23.0. The van der Waals surface area contributed by atoms with Gasteiger partial charge in [0.15, 0.2) is 12.0 Å². The molecule has 1 atom stereocenters. The highest BCUT2D eigenvalue weighted by molar-refractivity contribution is 6.10. The normalized spacial score (nSPS) is 15.8.